The second kappa shape index (κ2) is 9.11. The first-order valence-electron chi connectivity index (χ1n) is 0.565. The Labute approximate surface area is 67.8 Å². The van der Waals surface area contributed by atoms with Crippen molar-refractivity contribution in [2.24, 2.45) is 0 Å². The zero-order chi connectivity index (χ0) is 3.58. The van der Waals surface area contributed by atoms with Crippen LogP contribution in [-0.4, -0.2) is 10.3 Å². The van der Waals surface area contributed by atoms with E-state index in [2.05, 4.69) is 0 Å². The van der Waals surface area contributed by atoms with Crippen LogP contribution in [0.5, 0.6) is 0 Å². The quantitative estimate of drug-likeness (QED) is 0.470. The molecule has 0 radical (unpaired) electrons. The van der Waals surface area contributed by atoms with Gasteiger partial charge in [0.1, 0.15) is 0 Å². The first-order chi connectivity index (χ1) is 1.73. The molecule has 36 valence electrons. The summed E-state index contributed by atoms with van der Waals surface area (Å²) in [6, 6.07) is 0. The molecular weight excluding hydrogens is 216 g/mol. The van der Waals surface area contributed by atoms with E-state index in [1.807, 2.05) is 0 Å². The number of hydrogen-bond donors (Lipinski definition) is 1. The number of rotatable bonds is 0. The predicted octanol–water partition coefficient (Wildman–Crippen LogP) is 0.369. The van der Waals surface area contributed by atoms with Crippen molar-refractivity contribution in [3.8, 4) is 0 Å². The minimum atomic E-state index is -1.50. The van der Waals surface area contributed by atoms with Gasteiger partial charge < -0.3 is 11.4 Å². The molecule has 0 fully saturated rings. The average molecular weight is 219 g/mol. The van der Waals surface area contributed by atoms with Crippen molar-refractivity contribution >= 4 is 0 Å². The summed E-state index contributed by atoms with van der Waals surface area (Å²) < 4.78 is 0. The molecule has 0 aromatic rings. The van der Waals surface area contributed by atoms with Crippen LogP contribution in [0.15, 0.2) is 0 Å². The van der Waals surface area contributed by atoms with Gasteiger partial charge in [0.2, 0.25) is 0 Å². The number of nitrogens with two attached hydrogens (primary N) is 1. The van der Waals surface area contributed by atoms with E-state index in [1.165, 1.54) is 0 Å². The van der Waals surface area contributed by atoms with Crippen LogP contribution in [-0.2, 0) is 0 Å². The van der Waals surface area contributed by atoms with Crippen molar-refractivity contribution < 1.29 is 52.0 Å². The van der Waals surface area contributed by atoms with Crippen LogP contribution in [0.1, 0.15) is 0 Å². The van der Waals surface area contributed by atoms with Crippen molar-refractivity contribution in [2.45, 2.75) is 0 Å². The molecular formula is H3CeN2O3-. The van der Waals surface area contributed by atoms with Gasteiger partial charge in [0.15, 0.2) is 0 Å². The van der Waals surface area contributed by atoms with Gasteiger partial charge in [-0.25, -0.2) is 0 Å². The van der Waals surface area contributed by atoms with Gasteiger partial charge in [-0.2, -0.15) is 0 Å². The Bertz CT molecular complexity index is 31.8. The molecule has 0 aliphatic carbocycles. The number of nitrogens with zero attached hydrogens (tertiary/aromatic N) is 1. The molecule has 0 aromatic heterocycles. The van der Waals surface area contributed by atoms with Crippen molar-refractivity contribution in [3.63, 3.8) is 0 Å². The van der Waals surface area contributed by atoms with Gasteiger partial charge >= 0.3 is 0 Å². The molecule has 0 aliphatic rings. The van der Waals surface area contributed by atoms with E-state index in [-0.39, 0.29) is 47.9 Å². The molecule has 0 bridgehead atoms. The average Bonchev–Trinajstić information content (AvgIpc) is 0.811. The topological polar surface area (TPSA) is 96.9 Å². The third-order valence-corrected chi connectivity index (χ3v) is 0. The summed E-state index contributed by atoms with van der Waals surface area (Å²) in [5, 5.41) is 13.6. The minimum Gasteiger partial charge on any atom is -0.693 e. The van der Waals surface area contributed by atoms with Crippen LogP contribution in [0.25, 0.3) is 6.15 Å². The van der Waals surface area contributed by atoms with Crippen molar-refractivity contribution in [3.05, 3.63) is 16.3 Å². The zero-order valence-electron chi connectivity index (χ0n) is 2.79. The maximum Gasteiger partial charge on any atom is 0.291 e. The summed E-state index contributed by atoms with van der Waals surface area (Å²) in [6.07, 6.45) is 0. The Morgan fingerprint density at radius 3 is 1.67 bits per heavy atom. The molecule has 0 aliphatic heterocycles. The van der Waals surface area contributed by atoms with Gasteiger partial charge in [-0.05, 0) is 0 Å². The fourth-order valence-corrected chi connectivity index (χ4v) is 0. The smallest absolute Gasteiger partial charge is 0.291 e. The fraction of sp³-hybridized carbons (Fsp3) is 0. The van der Waals surface area contributed by atoms with E-state index in [4.69, 9.17) is 15.3 Å². The van der Waals surface area contributed by atoms with Crippen molar-refractivity contribution in [1.29, 1.82) is 0 Å². The first kappa shape index (κ1) is 16.0. The minimum absolute atomic E-state index is 0. The van der Waals surface area contributed by atoms with Gasteiger partial charge in [0, 0.05) is 41.7 Å². The van der Waals surface area contributed by atoms with Gasteiger partial charge in [-0.15, -0.1) is 10.1 Å². The fourth-order valence-electron chi connectivity index (χ4n) is 0. The number of hydrogen-bond acceptors (Lipinski definition) is 2. The van der Waals surface area contributed by atoms with Crippen LogP contribution >= 0.6 is 0 Å². The summed E-state index contributed by atoms with van der Waals surface area (Å²) in [4.78, 5) is 8.36. The Morgan fingerprint density at radius 1 is 1.67 bits per heavy atom. The van der Waals surface area contributed by atoms with E-state index in [0.29, 0.717) is 0 Å². The molecule has 0 rings (SSSR count). The predicted molar refractivity (Wildman–Crippen MR) is 14.1 cm³/mol. The van der Waals surface area contributed by atoms with E-state index in [9.17, 15) is 0 Å². The Morgan fingerprint density at radius 2 is 1.67 bits per heavy atom. The van der Waals surface area contributed by atoms with Crippen LogP contribution in [0.3, 0.4) is 0 Å². The molecule has 0 unspecified atom stereocenters. The molecule has 0 amide bonds. The van der Waals surface area contributed by atoms with Crippen LogP contribution < -0.4 is 0 Å². The summed E-state index contributed by atoms with van der Waals surface area (Å²) in [7, 11) is 0. The Balaban J connectivity index is -0.0000000450. The van der Waals surface area contributed by atoms with Crippen LogP contribution in [0, 0.1) is 51.9 Å². The summed E-state index contributed by atoms with van der Waals surface area (Å²) in [5.74, 6) is 0. The van der Waals surface area contributed by atoms with Crippen LogP contribution in [0.4, 0.5) is 0 Å². The molecule has 0 saturated heterocycles. The standard InChI is InChI=1S/Ce.HNO3.H2N/c;2-1(3)4;/h;(H,2,3,4);1H2/q;;-1. The van der Waals surface area contributed by atoms with Gasteiger partial charge in [-0.1, -0.05) is 0 Å². The third kappa shape index (κ3) is 197. The van der Waals surface area contributed by atoms with E-state index < -0.39 is 5.09 Å². The maximum atomic E-state index is 8.36. The first-order valence-corrected chi connectivity index (χ1v) is 0.565. The molecule has 0 atom stereocenters. The SMILES string of the molecule is O=[N+]([O-])O.[Ce].[NH2-]. The van der Waals surface area contributed by atoms with E-state index in [0.717, 1.165) is 0 Å². The second-order valence-corrected chi connectivity index (χ2v) is 0.238. The molecule has 0 aromatic carbocycles. The molecule has 6 heavy (non-hydrogen) atoms. The molecule has 5 nitrogen and oxygen atoms in total. The van der Waals surface area contributed by atoms with E-state index in [1.54, 1.807) is 0 Å². The van der Waals surface area contributed by atoms with E-state index >= 15 is 0 Å². The normalized spacial score (nSPS) is 4.00. The Kier molecular flexibility index (Phi) is 24.3. The maximum absolute atomic E-state index is 8.36. The van der Waals surface area contributed by atoms with Gasteiger partial charge in [0.25, 0.3) is 5.09 Å². The molecule has 0 spiro atoms. The Hall–Kier alpha value is 0.537. The molecule has 0 saturated carbocycles. The van der Waals surface area contributed by atoms with Gasteiger partial charge in [0.05, 0.1) is 0 Å². The summed E-state index contributed by atoms with van der Waals surface area (Å²) in [6.45, 7) is 0. The van der Waals surface area contributed by atoms with Gasteiger partial charge in [-0.3, -0.25) is 0 Å². The largest absolute Gasteiger partial charge is 0.693 e. The monoisotopic (exact) mass is 219 g/mol. The summed E-state index contributed by atoms with van der Waals surface area (Å²) in [5.41, 5.74) is 0. The second-order valence-electron chi connectivity index (χ2n) is 0.238. The third-order valence-electron chi connectivity index (χ3n) is 0. The van der Waals surface area contributed by atoms with Crippen LogP contribution in [0.2, 0.25) is 0 Å². The molecule has 0 heterocycles. The van der Waals surface area contributed by atoms with Crippen molar-refractivity contribution in [2.75, 3.05) is 0 Å². The zero-order valence-corrected chi connectivity index (χ0v) is 5.93. The summed E-state index contributed by atoms with van der Waals surface area (Å²) >= 11 is 0. The molecule has 6 heteroatoms. The molecule has 3 N–H and O–H groups in total. The van der Waals surface area contributed by atoms with Crippen molar-refractivity contribution in [1.82, 2.24) is 0 Å².